The summed E-state index contributed by atoms with van der Waals surface area (Å²) in [6.07, 6.45) is 3.48. The van der Waals surface area contributed by atoms with Gasteiger partial charge in [0.2, 0.25) is 0 Å². The Morgan fingerprint density at radius 3 is 2.55 bits per heavy atom. The van der Waals surface area contributed by atoms with Crippen LogP contribution in [-0.2, 0) is 18.0 Å². The molecule has 1 N–H and O–H groups in total. The van der Waals surface area contributed by atoms with E-state index in [0.717, 1.165) is 5.56 Å². The third-order valence-electron chi connectivity index (χ3n) is 3.12. The van der Waals surface area contributed by atoms with Crippen LogP contribution in [0, 0.1) is 5.82 Å². The van der Waals surface area contributed by atoms with E-state index in [0.29, 0.717) is 5.56 Å². The first-order valence-electron chi connectivity index (χ1n) is 6.80. The Kier molecular flexibility index (Phi) is 5.04. The number of rotatable bonds is 4. The minimum atomic E-state index is -1.31. The molecule has 0 saturated carbocycles. The van der Waals surface area contributed by atoms with Crippen LogP contribution in [-0.4, -0.2) is 18.7 Å². The smallest absolute Gasteiger partial charge is 0.142 e. The molecule has 1 heterocycles. The number of aryl methyl sites for hydroxylation is 1. The zero-order chi connectivity index (χ0) is 16.5. The van der Waals surface area contributed by atoms with Crippen molar-refractivity contribution < 1.29 is 8.60 Å². The van der Waals surface area contributed by atoms with Crippen molar-refractivity contribution in [2.24, 2.45) is 7.05 Å². The van der Waals surface area contributed by atoms with Gasteiger partial charge in [0.25, 0.3) is 0 Å². The van der Waals surface area contributed by atoms with Gasteiger partial charge >= 0.3 is 0 Å². The lowest BCUT2D eigenvalue weighted by atomic mass is 10.0. The number of halogens is 2. The Hall–Kier alpha value is -1.24. The third kappa shape index (κ3) is 3.94. The molecular weight excluding hydrogens is 325 g/mol. The van der Waals surface area contributed by atoms with Crippen molar-refractivity contribution in [2.45, 2.75) is 31.6 Å². The normalized spacial score (nSPS) is 14.8. The van der Waals surface area contributed by atoms with Crippen LogP contribution in [0.1, 0.15) is 37.9 Å². The van der Waals surface area contributed by atoms with E-state index in [1.54, 1.807) is 24.0 Å². The third-order valence-corrected chi connectivity index (χ3v) is 4.98. The maximum absolute atomic E-state index is 13.8. The quantitative estimate of drug-likeness (QED) is 0.925. The molecule has 2 rings (SSSR count). The molecule has 4 nitrogen and oxygen atoms in total. The van der Waals surface area contributed by atoms with E-state index in [2.05, 4.69) is 9.82 Å². The minimum Gasteiger partial charge on any atom is -0.275 e. The van der Waals surface area contributed by atoms with Crippen LogP contribution in [0.4, 0.5) is 4.39 Å². The molecule has 0 radical (unpaired) electrons. The van der Waals surface area contributed by atoms with E-state index in [-0.39, 0.29) is 5.02 Å². The highest BCUT2D eigenvalue weighted by Gasteiger charge is 2.25. The molecule has 22 heavy (non-hydrogen) atoms. The lowest BCUT2D eigenvalue weighted by molar-refractivity contribution is 0.612. The number of hydrogen-bond donors (Lipinski definition) is 1. The molecule has 0 aliphatic carbocycles. The highest BCUT2D eigenvalue weighted by Crippen LogP contribution is 2.27. The summed E-state index contributed by atoms with van der Waals surface area (Å²) < 4.78 is 30.5. The zero-order valence-electron chi connectivity index (χ0n) is 12.9. The molecule has 0 spiro atoms. The van der Waals surface area contributed by atoms with Crippen molar-refractivity contribution in [2.75, 3.05) is 0 Å². The first-order valence-corrected chi connectivity index (χ1v) is 8.33. The Balaban J connectivity index is 2.41. The molecule has 0 fully saturated rings. The minimum absolute atomic E-state index is 0.0608. The zero-order valence-corrected chi connectivity index (χ0v) is 14.5. The largest absolute Gasteiger partial charge is 0.275 e. The van der Waals surface area contributed by atoms with E-state index in [9.17, 15) is 8.60 Å². The van der Waals surface area contributed by atoms with Gasteiger partial charge in [0.15, 0.2) is 0 Å². The molecular formula is C15H19ClFN3OS. The average molecular weight is 344 g/mol. The molecule has 2 unspecified atom stereocenters. The summed E-state index contributed by atoms with van der Waals surface area (Å²) in [5.41, 5.74) is 1.45. The van der Waals surface area contributed by atoms with Crippen molar-refractivity contribution in [3.63, 3.8) is 0 Å². The summed E-state index contributed by atoms with van der Waals surface area (Å²) in [6, 6.07) is 4.14. The summed E-state index contributed by atoms with van der Waals surface area (Å²) >= 11 is 5.74. The van der Waals surface area contributed by atoms with Gasteiger partial charge in [0.1, 0.15) is 5.82 Å². The monoisotopic (exact) mass is 343 g/mol. The van der Waals surface area contributed by atoms with E-state index in [1.165, 1.54) is 12.1 Å². The lowest BCUT2D eigenvalue weighted by Crippen LogP contribution is -2.36. The number of nitrogens with zero attached hydrogens (tertiary/aromatic N) is 2. The van der Waals surface area contributed by atoms with Gasteiger partial charge in [-0.2, -0.15) is 5.10 Å². The Bertz CT molecular complexity index is 696. The van der Waals surface area contributed by atoms with E-state index < -0.39 is 27.6 Å². The summed E-state index contributed by atoms with van der Waals surface area (Å²) in [6.45, 7) is 5.62. The topological polar surface area (TPSA) is 46.9 Å². The SMILES string of the molecule is Cn1cc(C(NS(=O)C(C)(C)C)c2ccc(Cl)c(F)c2)cn1. The number of aromatic nitrogens is 2. The Morgan fingerprint density at radius 1 is 1.36 bits per heavy atom. The molecule has 120 valence electrons. The number of hydrogen-bond acceptors (Lipinski definition) is 2. The first-order chi connectivity index (χ1) is 10.2. The van der Waals surface area contributed by atoms with Crippen LogP contribution in [0.2, 0.25) is 5.02 Å². The van der Waals surface area contributed by atoms with Gasteiger partial charge in [-0.15, -0.1) is 0 Å². The van der Waals surface area contributed by atoms with Crippen LogP contribution in [0.25, 0.3) is 0 Å². The summed E-state index contributed by atoms with van der Waals surface area (Å²) in [5.74, 6) is -0.503. The fraction of sp³-hybridized carbons (Fsp3) is 0.400. The van der Waals surface area contributed by atoms with Gasteiger partial charge < -0.3 is 0 Å². The van der Waals surface area contributed by atoms with Gasteiger partial charge in [-0.25, -0.2) is 13.3 Å². The standard InChI is InChI=1S/C15H19ClFN3OS/c1-15(2,3)22(21)19-14(11-8-18-20(4)9-11)10-5-6-12(16)13(17)7-10/h5-9,14,19H,1-4H3. The van der Waals surface area contributed by atoms with E-state index in [1.807, 2.05) is 27.0 Å². The van der Waals surface area contributed by atoms with Crippen molar-refractivity contribution >= 4 is 22.6 Å². The number of nitrogens with one attached hydrogen (secondary N) is 1. The van der Waals surface area contributed by atoms with Crippen LogP contribution >= 0.6 is 11.6 Å². The highest BCUT2D eigenvalue weighted by atomic mass is 35.5. The molecule has 0 bridgehead atoms. The van der Waals surface area contributed by atoms with Crippen molar-refractivity contribution in [1.82, 2.24) is 14.5 Å². The van der Waals surface area contributed by atoms with Crippen molar-refractivity contribution in [3.8, 4) is 0 Å². The highest BCUT2D eigenvalue weighted by molar-refractivity contribution is 7.84. The van der Waals surface area contributed by atoms with Gasteiger partial charge in [0, 0.05) is 18.8 Å². The van der Waals surface area contributed by atoms with Crippen molar-refractivity contribution in [1.29, 1.82) is 0 Å². The molecule has 2 aromatic rings. The molecule has 1 aromatic carbocycles. The van der Waals surface area contributed by atoms with E-state index in [4.69, 9.17) is 11.6 Å². The van der Waals surface area contributed by atoms with Crippen molar-refractivity contribution in [3.05, 3.63) is 52.6 Å². The van der Waals surface area contributed by atoms with Gasteiger partial charge in [-0.3, -0.25) is 4.68 Å². The lowest BCUT2D eigenvalue weighted by Gasteiger charge is -2.24. The molecule has 2 atom stereocenters. The van der Waals surface area contributed by atoms with Gasteiger partial charge in [-0.1, -0.05) is 17.7 Å². The maximum atomic E-state index is 13.8. The molecule has 1 aromatic heterocycles. The second kappa shape index (κ2) is 6.48. The van der Waals surface area contributed by atoms with E-state index >= 15 is 0 Å². The second-order valence-electron chi connectivity index (χ2n) is 6.05. The van der Waals surface area contributed by atoms with Crippen LogP contribution < -0.4 is 4.72 Å². The second-order valence-corrected chi connectivity index (χ2v) is 8.46. The fourth-order valence-electron chi connectivity index (χ4n) is 1.89. The maximum Gasteiger partial charge on any atom is 0.142 e. The average Bonchev–Trinajstić information content (AvgIpc) is 2.84. The Morgan fingerprint density at radius 2 is 2.05 bits per heavy atom. The summed E-state index contributed by atoms with van der Waals surface area (Å²) in [7, 11) is 0.482. The molecule has 7 heteroatoms. The Labute approximate surface area is 137 Å². The predicted octanol–water partition coefficient (Wildman–Crippen LogP) is 3.35. The van der Waals surface area contributed by atoms with Crippen LogP contribution in [0.3, 0.4) is 0 Å². The number of benzene rings is 1. The van der Waals surface area contributed by atoms with Crippen LogP contribution in [0.15, 0.2) is 30.6 Å². The van der Waals surface area contributed by atoms with Crippen LogP contribution in [0.5, 0.6) is 0 Å². The van der Waals surface area contributed by atoms with Gasteiger partial charge in [0.05, 0.1) is 33.0 Å². The predicted molar refractivity (Wildman–Crippen MR) is 87.5 cm³/mol. The summed E-state index contributed by atoms with van der Waals surface area (Å²) in [4.78, 5) is 0. The molecule has 0 amide bonds. The molecule has 0 saturated heterocycles. The molecule has 0 aliphatic rings. The fourth-order valence-corrected chi connectivity index (χ4v) is 2.85. The molecule has 0 aliphatic heterocycles. The first kappa shape index (κ1) is 17.1. The summed E-state index contributed by atoms with van der Waals surface area (Å²) in [5, 5.41) is 4.19. The van der Waals surface area contributed by atoms with Gasteiger partial charge in [-0.05, 0) is 38.5 Å².